The van der Waals surface area contributed by atoms with Crippen LogP contribution in [0.15, 0.2) is 87.5 Å². The summed E-state index contributed by atoms with van der Waals surface area (Å²) in [5.41, 5.74) is 3.32. The van der Waals surface area contributed by atoms with E-state index in [1.54, 1.807) is 6.07 Å². The lowest BCUT2D eigenvalue weighted by Gasteiger charge is -2.32. The van der Waals surface area contributed by atoms with E-state index < -0.39 is 16.9 Å². The fourth-order valence-electron chi connectivity index (χ4n) is 11.8. The minimum absolute atomic E-state index is 0.315. The molecule has 9 rings (SSSR count). The number of carbonyl (C=O) groups excluding carboxylic acids is 1. The SMILES string of the molecule is O=C([O-])c1ccccc1[S+](c1ccc(C2CC3CC2C2CCCC32)cc1)c1ccc(C2CC3CC2C2CCCC32)cc1. The quantitative estimate of drug-likeness (QED) is 0.278. The molecule has 42 heavy (non-hydrogen) atoms. The minimum Gasteiger partial charge on any atom is -0.545 e. The van der Waals surface area contributed by atoms with Gasteiger partial charge in [0.05, 0.1) is 22.4 Å². The van der Waals surface area contributed by atoms with E-state index in [1.165, 1.54) is 85.1 Å². The molecule has 10 unspecified atom stereocenters. The van der Waals surface area contributed by atoms with Crippen molar-refractivity contribution in [3.8, 4) is 0 Å². The Balaban J connectivity index is 1.04. The first-order chi connectivity index (χ1) is 20.6. The van der Waals surface area contributed by atoms with E-state index in [-0.39, 0.29) is 0 Å². The summed E-state index contributed by atoms with van der Waals surface area (Å²) in [6, 6.07) is 26.3. The summed E-state index contributed by atoms with van der Waals surface area (Å²) in [7, 11) is -0.499. The van der Waals surface area contributed by atoms with Gasteiger partial charge in [0, 0.05) is 0 Å². The molecule has 216 valence electrons. The summed E-state index contributed by atoms with van der Waals surface area (Å²) in [5, 5.41) is 12.3. The Kier molecular flexibility index (Phi) is 6.18. The number of carboxylic acid groups (broad SMARTS) is 1. The first kappa shape index (κ1) is 25.9. The lowest BCUT2D eigenvalue weighted by molar-refractivity contribution is -0.255. The predicted octanol–water partition coefficient (Wildman–Crippen LogP) is 8.22. The molecule has 0 saturated heterocycles. The highest BCUT2D eigenvalue weighted by Crippen LogP contribution is 2.64. The Morgan fingerprint density at radius 1 is 0.571 bits per heavy atom. The normalized spacial score (nSPS) is 38.1. The molecule has 0 aliphatic heterocycles. The topological polar surface area (TPSA) is 40.1 Å². The molecule has 0 aromatic heterocycles. The third kappa shape index (κ3) is 3.94. The van der Waals surface area contributed by atoms with Crippen LogP contribution in [-0.4, -0.2) is 5.97 Å². The highest BCUT2D eigenvalue weighted by Gasteiger charge is 2.55. The number of hydrogen-bond acceptors (Lipinski definition) is 2. The Labute approximate surface area is 253 Å². The average Bonchev–Trinajstić information content (AvgIpc) is 3.85. The highest BCUT2D eigenvalue weighted by molar-refractivity contribution is 7.97. The van der Waals surface area contributed by atoms with Crippen LogP contribution in [0.25, 0.3) is 0 Å². The van der Waals surface area contributed by atoms with Crippen molar-refractivity contribution < 1.29 is 9.90 Å². The van der Waals surface area contributed by atoms with Crippen LogP contribution in [0, 0.1) is 47.3 Å². The zero-order valence-corrected chi connectivity index (χ0v) is 25.3. The maximum atomic E-state index is 12.3. The molecule has 3 heteroatoms. The number of fused-ring (bicyclic) bond motifs is 10. The fraction of sp³-hybridized carbons (Fsp3) is 0.513. The van der Waals surface area contributed by atoms with E-state index in [4.69, 9.17) is 0 Å². The number of rotatable bonds is 6. The summed E-state index contributed by atoms with van der Waals surface area (Å²) in [6.45, 7) is 0. The Morgan fingerprint density at radius 2 is 1.05 bits per heavy atom. The zero-order valence-electron chi connectivity index (χ0n) is 24.5. The molecule has 3 aromatic rings. The summed E-state index contributed by atoms with van der Waals surface area (Å²) in [6.07, 6.45) is 14.4. The number of hydrogen-bond donors (Lipinski definition) is 0. The smallest absolute Gasteiger partial charge is 0.175 e. The van der Waals surface area contributed by atoms with E-state index >= 15 is 0 Å². The van der Waals surface area contributed by atoms with Gasteiger partial charge in [-0.2, -0.15) is 0 Å². The van der Waals surface area contributed by atoms with Gasteiger partial charge in [-0.3, -0.25) is 0 Å². The van der Waals surface area contributed by atoms with Crippen LogP contribution >= 0.6 is 0 Å². The van der Waals surface area contributed by atoms with Gasteiger partial charge in [-0.05, 0) is 158 Å². The highest BCUT2D eigenvalue weighted by atomic mass is 32.2. The van der Waals surface area contributed by atoms with Crippen molar-refractivity contribution in [3.05, 3.63) is 89.5 Å². The van der Waals surface area contributed by atoms with E-state index in [0.717, 1.165) is 52.2 Å². The van der Waals surface area contributed by atoms with Gasteiger partial charge in [-0.25, -0.2) is 0 Å². The molecule has 0 heterocycles. The van der Waals surface area contributed by atoms with Crippen molar-refractivity contribution in [2.45, 2.75) is 90.7 Å². The third-order valence-electron chi connectivity index (χ3n) is 13.3. The maximum absolute atomic E-state index is 12.3. The molecule has 4 bridgehead atoms. The van der Waals surface area contributed by atoms with Crippen LogP contribution < -0.4 is 5.11 Å². The minimum atomic E-state index is -1.09. The molecular formula is C39H42O2S. The monoisotopic (exact) mass is 574 g/mol. The first-order valence-electron chi connectivity index (χ1n) is 16.9. The second-order valence-electron chi connectivity index (χ2n) is 14.7. The summed E-state index contributed by atoms with van der Waals surface area (Å²) < 4.78 is 0. The first-order valence-corrected chi connectivity index (χ1v) is 18.1. The molecule has 0 radical (unpaired) electrons. The Hall–Kier alpha value is -2.52. The number of aromatic carboxylic acids is 1. The molecule has 0 spiro atoms. The standard InChI is InChI=1S/C39H42O2S/c40-39(41)33-5-1-2-10-38(33)42(27-15-11-23(12-16-27)34-19-25-21-36(34)31-8-3-6-29(25)31)28-17-13-24(14-18-28)35-20-26-22-37(35)32-9-4-7-30(26)32/h1-2,5,10-18,25-26,29-32,34-37H,3-4,6-9,19-22H2. The maximum Gasteiger partial charge on any atom is 0.175 e. The third-order valence-corrected chi connectivity index (χ3v) is 15.6. The van der Waals surface area contributed by atoms with Gasteiger partial charge < -0.3 is 9.90 Å². The van der Waals surface area contributed by atoms with Crippen LogP contribution in [-0.2, 0) is 10.9 Å². The van der Waals surface area contributed by atoms with Crippen LogP contribution in [0.2, 0.25) is 0 Å². The number of carboxylic acids is 1. The Morgan fingerprint density at radius 3 is 1.55 bits per heavy atom. The van der Waals surface area contributed by atoms with E-state index in [1.807, 2.05) is 18.2 Å². The van der Waals surface area contributed by atoms with E-state index in [2.05, 4.69) is 48.5 Å². The molecule has 6 fully saturated rings. The number of benzene rings is 3. The van der Waals surface area contributed by atoms with Gasteiger partial charge in [0.1, 0.15) is 0 Å². The second-order valence-corrected chi connectivity index (χ2v) is 16.7. The summed E-state index contributed by atoms with van der Waals surface area (Å²) in [4.78, 5) is 15.5. The van der Waals surface area contributed by atoms with Crippen molar-refractivity contribution in [3.63, 3.8) is 0 Å². The molecule has 2 nitrogen and oxygen atoms in total. The molecule has 0 amide bonds. The van der Waals surface area contributed by atoms with E-state index in [0.29, 0.717) is 17.4 Å². The van der Waals surface area contributed by atoms with Crippen LogP contribution in [0.1, 0.15) is 97.5 Å². The fourth-order valence-corrected chi connectivity index (χ4v) is 14.0. The van der Waals surface area contributed by atoms with Gasteiger partial charge in [0.15, 0.2) is 14.7 Å². The van der Waals surface area contributed by atoms with Crippen molar-refractivity contribution >= 4 is 16.9 Å². The molecule has 6 aliphatic rings. The van der Waals surface area contributed by atoms with Crippen LogP contribution in [0.5, 0.6) is 0 Å². The molecule has 0 N–H and O–H groups in total. The van der Waals surface area contributed by atoms with Crippen LogP contribution in [0.4, 0.5) is 0 Å². The van der Waals surface area contributed by atoms with Gasteiger partial charge in [0.25, 0.3) is 0 Å². The molecule has 3 aromatic carbocycles. The molecule has 10 atom stereocenters. The van der Waals surface area contributed by atoms with Crippen molar-refractivity contribution in [1.82, 2.24) is 0 Å². The summed E-state index contributed by atoms with van der Waals surface area (Å²) >= 11 is 0. The number of carbonyl (C=O) groups is 1. The molecular weight excluding hydrogens is 532 g/mol. The van der Waals surface area contributed by atoms with Gasteiger partial charge in [0.2, 0.25) is 0 Å². The molecule has 6 aliphatic carbocycles. The van der Waals surface area contributed by atoms with Crippen LogP contribution in [0.3, 0.4) is 0 Å². The molecule has 6 saturated carbocycles. The van der Waals surface area contributed by atoms with Gasteiger partial charge in [-0.1, -0.05) is 49.2 Å². The zero-order chi connectivity index (χ0) is 27.9. The van der Waals surface area contributed by atoms with E-state index in [9.17, 15) is 9.90 Å². The van der Waals surface area contributed by atoms with Gasteiger partial charge in [-0.15, -0.1) is 0 Å². The predicted molar refractivity (Wildman–Crippen MR) is 165 cm³/mol. The van der Waals surface area contributed by atoms with Gasteiger partial charge >= 0.3 is 0 Å². The average molecular weight is 575 g/mol. The Bertz CT molecular complexity index is 1410. The van der Waals surface area contributed by atoms with Crippen molar-refractivity contribution in [2.75, 3.05) is 0 Å². The summed E-state index contributed by atoms with van der Waals surface area (Å²) in [5.74, 6) is 7.94. The lowest BCUT2D eigenvalue weighted by atomic mass is 9.73. The van der Waals surface area contributed by atoms with Crippen molar-refractivity contribution in [1.29, 1.82) is 0 Å². The largest absolute Gasteiger partial charge is 0.545 e. The second kappa shape index (κ2) is 10.0. The van der Waals surface area contributed by atoms with Crippen molar-refractivity contribution in [2.24, 2.45) is 47.3 Å². The lowest BCUT2D eigenvalue weighted by Crippen LogP contribution is -2.25.